The Morgan fingerprint density at radius 3 is 2.27 bits per heavy atom. The van der Waals surface area contributed by atoms with E-state index in [1.54, 1.807) is 18.9 Å². The lowest BCUT2D eigenvalue weighted by Gasteiger charge is -2.23. The van der Waals surface area contributed by atoms with Crippen LogP contribution >= 0.6 is 0 Å². The average molecular weight is 327 g/mol. The molecule has 0 saturated carbocycles. The maximum atomic E-state index is 12.2. The summed E-state index contributed by atoms with van der Waals surface area (Å²) in [4.78, 5) is 13.9. The summed E-state index contributed by atoms with van der Waals surface area (Å²) in [5.41, 5.74) is 5.98. The van der Waals surface area contributed by atoms with Crippen LogP contribution in [-0.2, 0) is 10.0 Å². The summed E-state index contributed by atoms with van der Waals surface area (Å²) in [5, 5.41) is 0. The number of amides is 1. The van der Waals surface area contributed by atoms with E-state index in [1.165, 1.54) is 24.3 Å². The molecule has 0 spiro atoms. The van der Waals surface area contributed by atoms with E-state index in [-0.39, 0.29) is 22.9 Å². The number of nitrogens with two attached hydrogens (primary N) is 1. The van der Waals surface area contributed by atoms with Crippen molar-refractivity contribution in [3.63, 3.8) is 0 Å². The summed E-state index contributed by atoms with van der Waals surface area (Å²) in [6.07, 6.45) is 0.706. The van der Waals surface area contributed by atoms with Gasteiger partial charge in [-0.25, -0.2) is 13.1 Å². The first-order valence-corrected chi connectivity index (χ1v) is 8.80. The van der Waals surface area contributed by atoms with Crippen molar-refractivity contribution < 1.29 is 13.2 Å². The van der Waals surface area contributed by atoms with Gasteiger partial charge in [0.25, 0.3) is 5.91 Å². The Labute approximate surface area is 132 Å². The Morgan fingerprint density at radius 1 is 1.27 bits per heavy atom. The standard InChI is InChI=1S/C15H25N3O3S/c1-5-11(2)17-22(20,21)14-8-6-13(7-9-14)15(19)18(4)12(3)10-16/h6-9,11-12,17H,5,10,16H2,1-4H3. The summed E-state index contributed by atoms with van der Waals surface area (Å²) in [6.45, 7) is 5.93. The predicted octanol–water partition coefficient (Wildman–Crippen LogP) is 1.18. The van der Waals surface area contributed by atoms with Crippen LogP contribution in [0.3, 0.4) is 0 Å². The van der Waals surface area contributed by atoms with Crippen molar-refractivity contribution in [2.45, 2.75) is 44.2 Å². The first kappa shape index (κ1) is 18.6. The smallest absolute Gasteiger partial charge is 0.253 e. The normalized spacial score (nSPS) is 14.4. The summed E-state index contributed by atoms with van der Waals surface area (Å²) in [6, 6.07) is 5.71. The van der Waals surface area contributed by atoms with Crippen LogP contribution in [0.5, 0.6) is 0 Å². The molecule has 2 atom stereocenters. The molecule has 1 aromatic rings. The van der Waals surface area contributed by atoms with Gasteiger partial charge in [-0.05, 0) is 44.5 Å². The second-order valence-corrected chi connectivity index (χ2v) is 7.17. The van der Waals surface area contributed by atoms with Crippen LogP contribution in [0.4, 0.5) is 0 Å². The minimum atomic E-state index is -3.55. The second-order valence-electron chi connectivity index (χ2n) is 5.46. The number of rotatable bonds is 7. The molecule has 7 heteroatoms. The fourth-order valence-corrected chi connectivity index (χ4v) is 3.08. The Morgan fingerprint density at radius 2 is 1.82 bits per heavy atom. The van der Waals surface area contributed by atoms with Gasteiger partial charge in [-0.2, -0.15) is 0 Å². The van der Waals surface area contributed by atoms with Crippen molar-refractivity contribution in [3.05, 3.63) is 29.8 Å². The van der Waals surface area contributed by atoms with Gasteiger partial charge >= 0.3 is 0 Å². The van der Waals surface area contributed by atoms with Crippen LogP contribution < -0.4 is 10.5 Å². The van der Waals surface area contributed by atoms with E-state index < -0.39 is 10.0 Å². The van der Waals surface area contributed by atoms with Crippen molar-refractivity contribution >= 4 is 15.9 Å². The third kappa shape index (κ3) is 4.53. The van der Waals surface area contributed by atoms with Gasteiger partial charge in [0.2, 0.25) is 10.0 Å². The van der Waals surface area contributed by atoms with Crippen LogP contribution in [0.25, 0.3) is 0 Å². The molecular weight excluding hydrogens is 302 g/mol. The number of sulfonamides is 1. The molecular formula is C15H25N3O3S. The van der Waals surface area contributed by atoms with E-state index in [9.17, 15) is 13.2 Å². The van der Waals surface area contributed by atoms with Gasteiger partial charge in [-0.15, -0.1) is 0 Å². The summed E-state index contributed by atoms with van der Waals surface area (Å²) >= 11 is 0. The van der Waals surface area contributed by atoms with Crippen LogP contribution in [0.15, 0.2) is 29.2 Å². The number of likely N-dealkylation sites (N-methyl/N-ethyl adjacent to an activating group) is 1. The average Bonchev–Trinajstić information content (AvgIpc) is 2.52. The highest BCUT2D eigenvalue weighted by Crippen LogP contribution is 2.13. The zero-order chi connectivity index (χ0) is 16.9. The van der Waals surface area contributed by atoms with Crippen LogP contribution in [0.2, 0.25) is 0 Å². The fraction of sp³-hybridized carbons (Fsp3) is 0.533. The Balaban J connectivity index is 2.93. The van der Waals surface area contributed by atoms with Gasteiger partial charge in [-0.1, -0.05) is 6.92 Å². The number of carbonyl (C=O) groups is 1. The molecule has 1 aromatic carbocycles. The maximum Gasteiger partial charge on any atom is 0.253 e. The minimum Gasteiger partial charge on any atom is -0.338 e. The number of carbonyl (C=O) groups excluding carboxylic acids is 1. The third-order valence-corrected chi connectivity index (χ3v) is 5.31. The molecule has 0 aliphatic carbocycles. The van der Waals surface area contributed by atoms with E-state index in [4.69, 9.17) is 5.73 Å². The summed E-state index contributed by atoms with van der Waals surface area (Å²) < 4.78 is 26.9. The molecule has 0 bridgehead atoms. The molecule has 0 radical (unpaired) electrons. The van der Waals surface area contributed by atoms with E-state index in [0.29, 0.717) is 18.5 Å². The molecule has 124 valence electrons. The van der Waals surface area contributed by atoms with Crippen molar-refractivity contribution in [1.29, 1.82) is 0 Å². The van der Waals surface area contributed by atoms with E-state index in [0.717, 1.165) is 0 Å². The number of benzene rings is 1. The lowest BCUT2D eigenvalue weighted by Crippen LogP contribution is -2.39. The molecule has 0 aromatic heterocycles. The largest absolute Gasteiger partial charge is 0.338 e. The third-order valence-electron chi connectivity index (χ3n) is 3.70. The highest BCUT2D eigenvalue weighted by Gasteiger charge is 2.19. The molecule has 0 saturated heterocycles. The quantitative estimate of drug-likeness (QED) is 0.786. The second kappa shape index (κ2) is 7.71. The van der Waals surface area contributed by atoms with E-state index in [2.05, 4.69) is 4.72 Å². The molecule has 2 unspecified atom stereocenters. The SMILES string of the molecule is CCC(C)NS(=O)(=O)c1ccc(C(=O)N(C)C(C)CN)cc1. The van der Waals surface area contributed by atoms with Gasteiger partial charge in [0, 0.05) is 31.2 Å². The Kier molecular flexibility index (Phi) is 6.52. The van der Waals surface area contributed by atoms with Crippen molar-refractivity contribution in [1.82, 2.24) is 9.62 Å². The van der Waals surface area contributed by atoms with E-state index >= 15 is 0 Å². The molecule has 1 amide bonds. The van der Waals surface area contributed by atoms with Crippen LogP contribution in [0, 0.1) is 0 Å². The van der Waals surface area contributed by atoms with Crippen molar-refractivity contribution in [2.24, 2.45) is 5.73 Å². The lowest BCUT2D eigenvalue weighted by molar-refractivity contribution is 0.0748. The zero-order valence-corrected chi connectivity index (χ0v) is 14.4. The summed E-state index contributed by atoms with van der Waals surface area (Å²) in [5.74, 6) is -0.184. The monoisotopic (exact) mass is 327 g/mol. The topological polar surface area (TPSA) is 92.5 Å². The number of nitrogens with zero attached hydrogens (tertiary/aromatic N) is 1. The van der Waals surface area contributed by atoms with Crippen molar-refractivity contribution in [3.8, 4) is 0 Å². The van der Waals surface area contributed by atoms with Crippen LogP contribution in [0.1, 0.15) is 37.6 Å². The Hall–Kier alpha value is -1.44. The van der Waals surface area contributed by atoms with Crippen molar-refractivity contribution in [2.75, 3.05) is 13.6 Å². The highest BCUT2D eigenvalue weighted by molar-refractivity contribution is 7.89. The maximum absolute atomic E-state index is 12.2. The molecule has 22 heavy (non-hydrogen) atoms. The molecule has 0 fully saturated rings. The lowest BCUT2D eigenvalue weighted by atomic mass is 10.2. The number of nitrogens with one attached hydrogen (secondary N) is 1. The molecule has 0 aliphatic heterocycles. The molecule has 0 heterocycles. The van der Waals surface area contributed by atoms with E-state index in [1.807, 2.05) is 13.8 Å². The molecule has 3 N–H and O–H groups in total. The van der Waals surface area contributed by atoms with Crippen LogP contribution in [-0.4, -0.2) is 44.9 Å². The minimum absolute atomic E-state index is 0.0806. The molecule has 0 aliphatic rings. The highest BCUT2D eigenvalue weighted by atomic mass is 32.2. The zero-order valence-electron chi connectivity index (χ0n) is 13.5. The van der Waals surface area contributed by atoms with Gasteiger partial charge in [-0.3, -0.25) is 4.79 Å². The van der Waals surface area contributed by atoms with Gasteiger partial charge in [0.1, 0.15) is 0 Å². The predicted molar refractivity (Wildman–Crippen MR) is 87.1 cm³/mol. The van der Waals surface area contributed by atoms with Gasteiger partial charge in [0.15, 0.2) is 0 Å². The Bertz CT molecular complexity index is 599. The summed E-state index contributed by atoms with van der Waals surface area (Å²) in [7, 11) is -1.87. The first-order valence-electron chi connectivity index (χ1n) is 7.32. The first-order chi connectivity index (χ1) is 10.2. The fourth-order valence-electron chi connectivity index (χ4n) is 1.75. The molecule has 1 rings (SSSR count). The number of hydrogen-bond acceptors (Lipinski definition) is 4. The number of hydrogen-bond donors (Lipinski definition) is 2. The van der Waals surface area contributed by atoms with Gasteiger partial charge < -0.3 is 10.6 Å². The molecule has 6 nitrogen and oxygen atoms in total. The van der Waals surface area contributed by atoms with Gasteiger partial charge in [0.05, 0.1) is 4.90 Å².